The van der Waals surface area contributed by atoms with Gasteiger partial charge in [-0.25, -0.2) is 0 Å². The Morgan fingerprint density at radius 1 is 0.691 bits per heavy atom. The van der Waals surface area contributed by atoms with Crippen LogP contribution in [0.4, 0.5) is 0 Å². The first-order valence-corrected chi connectivity index (χ1v) is 26.3. The molecule has 0 aliphatic heterocycles. The van der Waals surface area contributed by atoms with Gasteiger partial charge in [0.2, 0.25) is 0 Å². The minimum absolute atomic E-state index is 0. The van der Waals surface area contributed by atoms with Crippen LogP contribution in [-0.2, 0) is 20.1 Å². The second-order valence-corrected chi connectivity index (χ2v) is 26.7. The zero-order chi connectivity index (χ0) is 40.8. The van der Waals surface area contributed by atoms with Crippen molar-refractivity contribution in [2.75, 3.05) is 0 Å². The zero-order valence-electron chi connectivity index (χ0n) is 36.2. The SMILES string of the molecule is CC(C)c1cccc(C(C)C)c1-n1c(-c2[c-]cc3oc4ccccc4c3c2)nc2ccccc21.[2H]C([2H])([2H])c1c[c-]c(-c2cc(C(C)C)[c]([Ge]([CH3])([CH3])[CH3])cn2)cc1.[Ir]. The van der Waals surface area contributed by atoms with E-state index < -0.39 is 20.1 Å². The minimum Gasteiger partial charge on any atom is 0 e. The summed E-state index contributed by atoms with van der Waals surface area (Å²) in [4.78, 5) is 9.76. The number of benzene rings is 5. The monoisotopic (exact) mass is 967 g/mol. The van der Waals surface area contributed by atoms with Crippen molar-refractivity contribution < 1.29 is 28.6 Å². The van der Waals surface area contributed by atoms with Gasteiger partial charge in [-0.1, -0.05) is 81.6 Å². The Morgan fingerprint density at radius 2 is 1.36 bits per heavy atom. The molecule has 4 nitrogen and oxygen atoms in total. The second-order valence-electron chi connectivity index (χ2n) is 16.1. The molecule has 6 heteroatoms. The summed E-state index contributed by atoms with van der Waals surface area (Å²) in [6, 6.07) is 41.1. The molecule has 0 amide bonds. The third kappa shape index (κ3) is 8.17. The molecule has 55 heavy (non-hydrogen) atoms. The fourth-order valence-corrected chi connectivity index (χ4v) is 10.8. The van der Waals surface area contributed by atoms with E-state index in [0.717, 1.165) is 55.6 Å². The first-order chi connectivity index (χ1) is 27.0. The van der Waals surface area contributed by atoms with Crippen molar-refractivity contribution in [1.29, 1.82) is 0 Å². The number of nitrogens with zero attached hydrogens (tertiary/aromatic N) is 3. The van der Waals surface area contributed by atoms with Gasteiger partial charge in [0, 0.05) is 31.2 Å². The number of hydrogen-bond donors (Lipinski definition) is 0. The third-order valence-electron chi connectivity index (χ3n) is 10.1. The Hall–Kier alpha value is -4.29. The summed E-state index contributed by atoms with van der Waals surface area (Å²) < 4.78 is 32.2. The number of aryl methyl sites for hydroxylation is 1. The quantitative estimate of drug-likeness (QED) is 0.118. The summed E-state index contributed by atoms with van der Waals surface area (Å²) in [6.07, 6.45) is 2.02. The van der Waals surface area contributed by atoms with Crippen molar-refractivity contribution >= 4 is 50.6 Å². The van der Waals surface area contributed by atoms with Crippen LogP contribution in [0.5, 0.6) is 0 Å². The average molecular weight is 966 g/mol. The molecule has 1 radical (unpaired) electrons. The van der Waals surface area contributed by atoms with E-state index in [4.69, 9.17) is 13.5 Å². The van der Waals surface area contributed by atoms with E-state index in [1.807, 2.05) is 24.4 Å². The number of furan rings is 1. The Kier molecular flexibility index (Phi) is 10.9. The van der Waals surface area contributed by atoms with Gasteiger partial charge in [0.15, 0.2) is 0 Å². The predicted octanol–water partition coefficient (Wildman–Crippen LogP) is 13.2. The molecule has 8 rings (SSSR count). The Labute approximate surface area is 347 Å². The Bertz CT molecular complexity index is 2680. The van der Waals surface area contributed by atoms with E-state index in [2.05, 4.69) is 147 Å². The molecule has 0 bridgehead atoms. The number of fused-ring (bicyclic) bond motifs is 4. The van der Waals surface area contributed by atoms with E-state index in [-0.39, 0.29) is 20.1 Å². The van der Waals surface area contributed by atoms with E-state index >= 15 is 0 Å². The molecular formula is C49H51GeIrN3O-2. The van der Waals surface area contributed by atoms with Gasteiger partial charge in [0.1, 0.15) is 5.58 Å². The maximum Gasteiger partial charge on any atom is 0 e. The van der Waals surface area contributed by atoms with Crippen LogP contribution in [0.1, 0.15) is 85.7 Å². The molecule has 0 fully saturated rings. The van der Waals surface area contributed by atoms with E-state index in [1.165, 1.54) is 26.8 Å². The summed E-state index contributed by atoms with van der Waals surface area (Å²) in [5.41, 5.74) is 12.0. The number of hydrogen-bond acceptors (Lipinski definition) is 3. The van der Waals surface area contributed by atoms with Gasteiger partial charge in [-0.15, -0.1) is 23.8 Å². The number of aromatic nitrogens is 3. The molecule has 0 aliphatic rings. The van der Waals surface area contributed by atoms with Crippen LogP contribution in [-0.4, -0.2) is 27.8 Å². The Morgan fingerprint density at radius 3 is 2.02 bits per heavy atom. The summed E-state index contributed by atoms with van der Waals surface area (Å²) in [7, 11) is 0. The molecule has 0 saturated carbocycles. The molecule has 0 spiro atoms. The largest absolute Gasteiger partial charge is 0 e. The summed E-state index contributed by atoms with van der Waals surface area (Å²) in [5.74, 6) is 9.24. The van der Waals surface area contributed by atoms with Crippen LogP contribution >= 0.6 is 0 Å². The van der Waals surface area contributed by atoms with Gasteiger partial charge >= 0.3 is 130 Å². The fraction of sp³-hybridized carbons (Fsp3) is 0.265. The van der Waals surface area contributed by atoms with Gasteiger partial charge < -0.3 is 8.98 Å². The topological polar surface area (TPSA) is 43.9 Å². The normalized spacial score (nSPS) is 12.8. The Balaban J connectivity index is 0.000000208. The van der Waals surface area contributed by atoms with Crippen molar-refractivity contribution in [2.24, 2.45) is 0 Å². The number of rotatable bonds is 7. The van der Waals surface area contributed by atoms with Crippen molar-refractivity contribution in [2.45, 2.75) is 83.4 Å². The maximum atomic E-state index is 7.44. The fourth-order valence-electron chi connectivity index (χ4n) is 7.31. The first-order valence-electron chi connectivity index (χ1n) is 20.5. The van der Waals surface area contributed by atoms with Crippen LogP contribution in [0.15, 0.2) is 114 Å². The molecule has 3 aromatic heterocycles. The summed E-state index contributed by atoms with van der Waals surface area (Å²) in [5, 5.41) is 2.20. The van der Waals surface area contributed by atoms with Crippen molar-refractivity contribution in [3.8, 4) is 28.3 Å². The summed E-state index contributed by atoms with van der Waals surface area (Å²) in [6.45, 7) is 11.4. The molecule has 0 aliphatic carbocycles. The molecule has 0 unspecified atom stereocenters. The van der Waals surface area contributed by atoms with Crippen molar-refractivity contribution in [1.82, 2.24) is 14.5 Å². The molecule has 0 N–H and O–H groups in total. The maximum absolute atomic E-state index is 7.44. The van der Waals surface area contributed by atoms with E-state index in [0.29, 0.717) is 23.3 Å². The van der Waals surface area contributed by atoms with Crippen LogP contribution < -0.4 is 4.40 Å². The number of pyridine rings is 1. The van der Waals surface area contributed by atoms with E-state index in [1.54, 1.807) is 18.2 Å². The van der Waals surface area contributed by atoms with Gasteiger partial charge in [0.05, 0.1) is 22.4 Å². The smallest absolute Gasteiger partial charge is 0 e. The van der Waals surface area contributed by atoms with E-state index in [9.17, 15) is 0 Å². The minimum atomic E-state index is -2.09. The molecular weight excluding hydrogens is 911 g/mol. The van der Waals surface area contributed by atoms with Gasteiger partial charge in [0.25, 0.3) is 0 Å². The van der Waals surface area contributed by atoms with Crippen molar-refractivity contribution in [3.05, 3.63) is 144 Å². The number of imidazole rings is 1. The van der Waals surface area contributed by atoms with Crippen LogP contribution in [0.2, 0.25) is 17.3 Å². The molecule has 3 heterocycles. The standard InChI is InChI=1S/C31H27N2O.C18H24GeN.Ir/c1-19(2)22-11-9-12-23(20(3)4)30(22)33-27-14-7-6-13-26(27)32-31(33)21-16-17-29-25(18-21)24-10-5-8-15-28(24)34-29;1-13(2)16-11-18(15-9-7-14(3)8-10-15)20-12-17(16)19(4,5)6;/h5-15,17-20H,1-4H3;7-9,11-13H,1-6H3;/q2*-1;/i;3D3;. The summed E-state index contributed by atoms with van der Waals surface area (Å²) >= 11 is -1.97. The molecule has 0 atom stereocenters. The van der Waals surface area contributed by atoms with Gasteiger partial charge in [-0.3, -0.25) is 4.98 Å². The van der Waals surface area contributed by atoms with Gasteiger partial charge in [-0.05, 0) is 41.2 Å². The molecule has 5 aromatic carbocycles. The number of para-hydroxylation sites is 4. The van der Waals surface area contributed by atoms with Crippen LogP contribution in [0.25, 0.3) is 61.3 Å². The van der Waals surface area contributed by atoms with Crippen molar-refractivity contribution in [3.63, 3.8) is 0 Å². The molecule has 283 valence electrons. The van der Waals surface area contributed by atoms with Crippen LogP contribution in [0.3, 0.4) is 0 Å². The second kappa shape index (κ2) is 16.4. The van der Waals surface area contributed by atoms with Crippen LogP contribution in [0, 0.1) is 19.0 Å². The molecule has 8 aromatic rings. The third-order valence-corrected chi connectivity index (χ3v) is 14.4. The zero-order valence-corrected chi connectivity index (χ0v) is 37.7. The first kappa shape index (κ1) is 36.4. The average Bonchev–Trinajstić information content (AvgIpc) is 3.75. The molecule has 0 saturated heterocycles. The van der Waals surface area contributed by atoms with Gasteiger partial charge in [-0.2, -0.15) is 0 Å². The predicted molar refractivity (Wildman–Crippen MR) is 231 cm³/mol.